The van der Waals surface area contributed by atoms with Crippen molar-refractivity contribution < 1.29 is 27.4 Å². The Balaban J connectivity index is 1.68. The van der Waals surface area contributed by atoms with Crippen LogP contribution in [-0.2, 0) is 12.7 Å². The molecule has 1 fully saturated rings. The monoisotopic (exact) mass is 410 g/mol. The average Bonchev–Trinajstić information content (AvgIpc) is 2.73. The Bertz CT molecular complexity index is 834. The van der Waals surface area contributed by atoms with Gasteiger partial charge in [-0.25, -0.2) is 0 Å². The van der Waals surface area contributed by atoms with E-state index >= 15 is 0 Å². The average molecular weight is 410 g/mol. The van der Waals surface area contributed by atoms with E-state index in [1.165, 1.54) is 12.1 Å². The molecular weight excluding hydrogens is 385 g/mol. The Hall–Kier alpha value is -2.61. The van der Waals surface area contributed by atoms with Crippen molar-refractivity contribution >= 4 is 5.69 Å². The highest BCUT2D eigenvalue weighted by Crippen LogP contribution is 2.40. The lowest BCUT2D eigenvalue weighted by atomic mass is 10.1. The van der Waals surface area contributed by atoms with Crippen molar-refractivity contribution in [2.24, 2.45) is 0 Å². The van der Waals surface area contributed by atoms with Crippen LogP contribution in [-0.4, -0.2) is 52.4 Å². The van der Waals surface area contributed by atoms with E-state index in [0.29, 0.717) is 42.6 Å². The van der Waals surface area contributed by atoms with Gasteiger partial charge in [-0.3, -0.25) is 4.90 Å². The van der Waals surface area contributed by atoms with E-state index in [4.69, 9.17) is 14.2 Å². The summed E-state index contributed by atoms with van der Waals surface area (Å²) < 4.78 is 55.2. The van der Waals surface area contributed by atoms with E-state index < -0.39 is 11.7 Å². The van der Waals surface area contributed by atoms with Gasteiger partial charge in [0.1, 0.15) is 0 Å². The van der Waals surface area contributed by atoms with Crippen LogP contribution in [0, 0.1) is 0 Å². The van der Waals surface area contributed by atoms with E-state index in [1.54, 1.807) is 27.4 Å². The lowest BCUT2D eigenvalue weighted by Gasteiger charge is -2.36. The summed E-state index contributed by atoms with van der Waals surface area (Å²) in [5.41, 5.74) is 0.952. The minimum absolute atomic E-state index is 0.551. The molecular formula is C21H25F3N2O3. The Kier molecular flexibility index (Phi) is 6.42. The van der Waals surface area contributed by atoms with Gasteiger partial charge in [0, 0.05) is 44.0 Å². The largest absolute Gasteiger partial charge is 0.493 e. The summed E-state index contributed by atoms with van der Waals surface area (Å²) >= 11 is 0. The van der Waals surface area contributed by atoms with Crippen molar-refractivity contribution in [3.63, 3.8) is 0 Å². The molecule has 0 aromatic heterocycles. The number of methoxy groups -OCH3 is 3. The van der Waals surface area contributed by atoms with E-state index in [0.717, 1.165) is 24.7 Å². The molecule has 0 bridgehead atoms. The molecule has 0 radical (unpaired) electrons. The van der Waals surface area contributed by atoms with Crippen molar-refractivity contribution in [1.29, 1.82) is 0 Å². The van der Waals surface area contributed by atoms with Gasteiger partial charge in [0.05, 0.1) is 26.9 Å². The lowest BCUT2D eigenvalue weighted by Crippen LogP contribution is -2.46. The molecule has 29 heavy (non-hydrogen) atoms. The first-order valence-corrected chi connectivity index (χ1v) is 9.29. The molecule has 0 unspecified atom stereocenters. The number of rotatable bonds is 6. The summed E-state index contributed by atoms with van der Waals surface area (Å²) in [7, 11) is 4.73. The number of piperazine rings is 1. The molecule has 158 valence electrons. The molecule has 1 saturated heterocycles. The van der Waals surface area contributed by atoms with E-state index in [1.807, 2.05) is 17.0 Å². The Morgan fingerprint density at radius 3 is 2.14 bits per heavy atom. The maximum atomic E-state index is 13.0. The van der Waals surface area contributed by atoms with Crippen LogP contribution in [0.4, 0.5) is 18.9 Å². The van der Waals surface area contributed by atoms with Gasteiger partial charge < -0.3 is 19.1 Å². The van der Waals surface area contributed by atoms with Crippen molar-refractivity contribution in [2.45, 2.75) is 12.7 Å². The minimum atomic E-state index is -4.33. The van der Waals surface area contributed by atoms with Crippen molar-refractivity contribution in [1.82, 2.24) is 4.90 Å². The first-order chi connectivity index (χ1) is 13.9. The van der Waals surface area contributed by atoms with Gasteiger partial charge in [0.25, 0.3) is 0 Å². The van der Waals surface area contributed by atoms with Crippen LogP contribution in [0.25, 0.3) is 0 Å². The van der Waals surface area contributed by atoms with Crippen LogP contribution in [0.15, 0.2) is 36.4 Å². The lowest BCUT2D eigenvalue weighted by molar-refractivity contribution is -0.137. The van der Waals surface area contributed by atoms with E-state index in [9.17, 15) is 13.2 Å². The Labute approximate surface area is 168 Å². The van der Waals surface area contributed by atoms with Crippen LogP contribution in [0.1, 0.15) is 11.1 Å². The van der Waals surface area contributed by atoms with Gasteiger partial charge in [0.2, 0.25) is 5.75 Å². The summed E-state index contributed by atoms with van der Waals surface area (Å²) in [5, 5.41) is 0. The minimum Gasteiger partial charge on any atom is -0.493 e. The number of ether oxygens (including phenoxy) is 3. The quantitative estimate of drug-likeness (QED) is 0.718. The molecule has 1 heterocycles. The first-order valence-electron chi connectivity index (χ1n) is 9.29. The van der Waals surface area contributed by atoms with Crippen LogP contribution < -0.4 is 19.1 Å². The van der Waals surface area contributed by atoms with Crippen LogP contribution in [0.2, 0.25) is 0 Å². The highest BCUT2D eigenvalue weighted by molar-refractivity contribution is 5.56. The smallest absolute Gasteiger partial charge is 0.416 e. The van der Waals surface area contributed by atoms with Crippen LogP contribution in [0.3, 0.4) is 0 Å². The Morgan fingerprint density at radius 1 is 0.862 bits per heavy atom. The molecule has 3 rings (SSSR count). The third-order valence-corrected chi connectivity index (χ3v) is 5.09. The maximum absolute atomic E-state index is 13.0. The maximum Gasteiger partial charge on any atom is 0.416 e. The zero-order chi connectivity index (χ0) is 21.0. The number of alkyl halides is 3. The fourth-order valence-electron chi connectivity index (χ4n) is 3.57. The summed E-state index contributed by atoms with van der Waals surface area (Å²) in [5.74, 6) is 1.78. The number of hydrogen-bond acceptors (Lipinski definition) is 5. The summed E-state index contributed by atoms with van der Waals surface area (Å²) in [6, 6.07) is 9.28. The molecule has 1 aliphatic heterocycles. The number of hydrogen-bond donors (Lipinski definition) is 0. The van der Waals surface area contributed by atoms with Gasteiger partial charge in [-0.05, 0) is 24.3 Å². The standard InChI is InChI=1S/C21H25F3N2O3/c1-27-18-8-7-15(19(28-2)20(18)29-3)14-25-9-11-26(12-10-25)17-6-4-5-16(13-17)21(22,23)24/h4-8,13H,9-12,14H2,1-3H3. The van der Waals surface area contributed by atoms with Gasteiger partial charge in [-0.1, -0.05) is 12.1 Å². The zero-order valence-electron chi connectivity index (χ0n) is 16.8. The predicted octanol–water partition coefficient (Wildman–Crippen LogP) is 4.05. The molecule has 5 nitrogen and oxygen atoms in total. The molecule has 0 N–H and O–H groups in total. The molecule has 0 amide bonds. The van der Waals surface area contributed by atoms with Crippen molar-refractivity contribution in [3.05, 3.63) is 47.5 Å². The van der Waals surface area contributed by atoms with E-state index in [-0.39, 0.29) is 0 Å². The highest BCUT2D eigenvalue weighted by Gasteiger charge is 2.31. The Morgan fingerprint density at radius 2 is 1.55 bits per heavy atom. The molecule has 0 saturated carbocycles. The fraction of sp³-hybridized carbons (Fsp3) is 0.429. The number of anilines is 1. The molecule has 2 aromatic carbocycles. The van der Waals surface area contributed by atoms with Gasteiger partial charge in [0.15, 0.2) is 11.5 Å². The van der Waals surface area contributed by atoms with Crippen molar-refractivity contribution in [2.75, 3.05) is 52.4 Å². The molecule has 0 spiro atoms. The highest BCUT2D eigenvalue weighted by atomic mass is 19.4. The zero-order valence-corrected chi connectivity index (χ0v) is 16.8. The second-order valence-corrected chi connectivity index (χ2v) is 6.80. The number of benzene rings is 2. The fourth-order valence-corrected chi connectivity index (χ4v) is 3.57. The second kappa shape index (κ2) is 8.82. The molecule has 2 aromatic rings. The molecule has 0 aliphatic carbocycles. The topological polar surface area (TPSA) is 34.2 Å². The van der Waals surface area contributed by atoms with Gasteiger partial charge >= 0.3 is 6.18 Å². The number of nitrogens with zero attached hydrogens (tertiary/aromatic N) is 2. The SMILES string of the molecule is COc1ccc(CN2CCN(c3cccc(C(F)(F)F)c3)CC2)c(OC)c1OC. The second-order valence-electron chi connectivity index (χ2n) is 6.80. The van der Waals surface area contributed by atoms with Gasteiger partial charge in [-0.2, -0.15) is 13.2 Å². The predicted molar refractivity (Wildman–Crippen MR) is 105 cm³/mol. The summed E-state index contributed by atoms with van der Waals surface area (Å²) in [6.45, 7) is 3.41. The third-order valence-electron chi connectivity index (χ3n) is 5.09. The van der Waals surface area contributed by atoms with Crippen LogP contribution in [0.5, 0.6) is 17.2 Å². The third kappa shape index (κ3) is 4.70. The molecule has 1 aliphatic rings. The summed E-state index contributed by atoms with van der Waals surface area (Å²) in [4.78, 5) is 4.23. The molecule has 8 heteroatoms. The van der Waals surface area contributed by atoms with Gasteiger partial charge in [-0.15, -0.1) is 0 Å². The van der Waals surface area contributed by atoms with Crippen molar-refractivity contribution in [3.8, 4) is 17.2 Å². The summed E-state index contributed by atoms with van der Waals surface area (Å²) in [6.07, 6.45) is -4.33. The normalized spacial score (nSPS) is 15.3. The van der Waals surface area contributed by atoms with Crippen LogP contribution >= 0.6 is 0 Å². The number of halogens is 3. The van der Waals surface area contributed by atoms with E-state index in [2.05, 4.69) is 4.90 Å². The molecule has 0 atom stereocenters. The first kappa shape index (κ1) is 21.1.